The van der Waals surface area contributed by atoms with E-state index in [4.69, 9.17) is 0 Å². The minimum Gasteiger partial charge on any atom is -0.327 e. The summed E-state index contributed by atoms with van der Waals surface area (Å²) in [6.07, 6.45) is 5.51. The maximum absolute atomic E-state index is 13.0. The van der Waals surface area contributed by atoms with Crippen molar-refractivity contribution in [3.8, 4) is 0 Å². The summed E-state index contributed by atoms with van der Waals surface area (Å²) >= 11 is 0. The van der Waals surface area contributed by atoms with Crippen LogP contribution in [-0.2, 0) is 23.0 Å². The van der Waals surface area contributed by atoms with Crippen LogP contribution in [0.4, 0.5) is 0 Å². The predicted molar refractivity (Wildman–Crippen MR) is 106 cm³/mol. The first kappa shape index (κ1) is 19.7. The van der Waals surface area contributed by atoms with Gasteiger partial charge in [0.15, 0.2) is 0 Å². The zero-order chi connectivity index (χ0) is 20.6. The fourth-order valence-electron chi connectivity index (χ4n) is 3.97. The number of aromatic nitrogens is 3. The molecule has 29 heavy (non-hydrogen) atoms. The lowest BCUT2D eigenvalue weighted by Gasteiger charge is -2.35. The molecule has 1 atom stereocenters. The Morgan fingerprint density at radius 3 is 2.79 bits per heavy atom. The molecule has 1 saturated heterocycles. The fraction of sp³-hybridized carbons (Fsp3) is 0.474. The SMILES string of the molecule is CS(=O)(=O)N1CCc2c(nc([C@@H]3CCCCN3C(=O)c3ccccn3)[nH]c2=O)C1. The molecule has 1 amide bonds. The van der Waals surface area contributed by atoms with Crippen molar-refractivity contribution in [3.63, 3.8) is 0 Å². The smallest absolute Gasteiger partial charge is 0.273 e. The van der Waals surface area contributed by atoms with Gasteiger partial charge in [0.1, 0.15) is 11.5 Å². The van der Waals surface area contributed by atoms with E-state index in [0.717, 1.165) is 19.1 Å². The molecule has 0 bridgehead atoms. The minimum atomic E-state index is -3.37. The van der Waals surface area contributed by atoms with Gasteiger partial charge in [0.25, 0.3) is 11.5 Å². The summed E-state index contributed by atoms with van der Waals surface area (Å²) in [5.74, 6) is 0.210. The highest BCUT2D eigenvalue weighted by atomic mass is 32.2. The summed E-state index contributed by atoms with van der Waals surface area (Å²) in [7, 11) is -3.37. The monoisotopic (exact) mass is 417 g/mol. The van der Waals surface area contributed by atoms with Crippen LogP contribution in [0.3, 0.4) is 0 Å². The molecule has 154 valence electrons. The summed E-state index contributed by atoms with van der Waals surface area (Å²) in [6.45, 7) is 0.895. The van der Waals surface area contributed by atoms with Gasteiger partial charge in [0, 0.05) is 24.8 Å². The van der Waals surface area contributed by atoms with Gasteiger partial charge in [0.2, 0.25) is 10.0 Å². The van der Waals surface area contributed by atoms with Crippen LogP contribution in [0.15, 0.2) is 29.2 Å². The predicted octanol–water partition coefficient (Wildman–Crippen LogP) is 0.850. The van der Waals surface area contributed by atoms with Gasteiger partial charge in [-0.25, -0.2) is 13.4 Å². The van der Waals surface area contributed by atoms with E-state index in [2.05, 4.69) is 15.0 Å². The molecule has 0 unspecified atom stereocenters. The number of sulfonamides is 1. The average molecular weight is 417 g/mol. The zero-order valence-corrected chi connectivity index (χ0v) is 17.0. The molecule has 0 saturated carbocycles. The number of rotatable bonds is 3. The summed E-state index contributed by atoms with van der Waals surface area (Å²) in [5.41, 5.74) is 1.08. The van der Waals surface area contributed by atoms with Crippen molar-refractivity contribution in [1.82, 2.24) is 24.2 Å². The van der Waals surface area contributed by atoms with Gasteiger partial charge in [-0.1, -0.05) is 6.07 Å². The Hall–Kier alpha value is -2.59. The Labute approximate surface area is 168 Å². The van der Waals surface area contributed by atoms with Crippen molar-refractivity contribution in [2.75, 3.05) is 19.3 Å². The van der Waals surface area contributed by atoms with Crippen molar-refractivity contribution in [2.45, 2.75) is 38.3 Å². The van der Waals surface area contributed by atoms with Crippen molar-refractivity contribution in [1.29, 1.82) is 0 Å². The van der Waals surface area contributed by atoms with Crippen LogP contribution in [0, 0.1) is 0 Å². The van der Waals surface area contributed by atoms with Crippen LogP contribution < -0.4 is 5.56 Å². The number of carbonyl (C=O) groups excluding carboxylic acids is 1. The van der Waals surface area contributed by atoms with Gasteiger partial charge >= 0.3 is 0 Å². The van der Waals surface area contributed by atoms with E-state index < -0.39 is 10.0 Å². The van der Waals surface area contributed by atoms with Crippen molar-refractivity contribution >= 4 is 15.9 Å². The quantitative estimate of drug-likeness (QED) is 0.791. The third-order valence-corrected chi connectivity index (χ3v) is 6.74. The van der Waals surface area contributed by atoms with Crippen molar-refractivity contribution in [3.05, 3.63) is 57.5 Å². The molecule has 0 aromatic carbocycles. The Balaban J connectivity index is 1.69. The van der Waals surface area contributed by atoms with Gasteiger partial charge in [0.05, 0.1) is 24.5 Å². The molecular weight excluding hydrogens is 394 g/mol. The lowest BCUT2D eigenvalue weighted by Crippen LogP contribution is -2.42. The fourth-order valence-corrected chi connectivity index (χ4v) is 4.75. The summed E-state index contributed by atoms with van der Waals surface area (Å²) in [5, 5.41) is 0. The van der Waals surface area contributed by atoms with E-state index in [1.165, 1.54) is 4.31 Å². The Kier molecular flexibility index (Phi) is 5.22. The summed E-state index contributed by atoms with van der Waals surface area (Å²) < 4.78 is 25.2. The standard InChI is InChI=1S/C19H23N5O4S/c1-29(27,28)23-11-8-13-15(12-23)21-17(22-18(13)25)16-7-3-5-10-24(16)19(26)14-6-2-4-9-20-14/h2,4,6,9,16H,3,5,7-8,10-12H2,1H3,(H,21,22,25)/t16-/m0/s1. The van der Waals surface area contributed by atoms with Crippen LogP contribution in [0.1, 0.15) is 52.9 Å². The number of hydrogen-bond acceptors (Lipinski definition) is 6. The third-order valence-electron chi connectivity index (χ3n) is 5.49. The van der Waals surface area contributed by atoms with Crippen LogP contribution >= 0.6 is 0 Å². The molecule has 4 rings (SSSR count). The highest BCUT2D eigenvalue weighted by Crippen LogP contribution is 2.30. The first-order valence-corrected chi connectivity index (χ1v) is 11.5. The summed E-state index contributed by atoms with van der Waals surface area (Å²) in [4.78, 5) is 39.0. The number of carbonyl (C=O) groups is 1. The molecule has 4 heterocycles. The molecule has 2 aromatic heterocycles. The average Bonchev–Trinajstić information content (AvgIpc) is 2.73. The topological polar surface area (TPSA) is 116 Å². The van der Waals surface area contributed by atoms with E-state index in [-0.39, 0.29) is 30.6 Å². The maximum atomic E-state index is 13.0. The van der Waals surface area contributed by atoms with E-state index in [0.29, 0.717) is 42.2 Å². The van der Waals surface area contributed by atoms with Crippen molar-refractivity contribution < 1.29 is 13.2 Å². The molecule has 0 spiro atoms. The number of aromatic amines is 1. The molecule has 0 radical (unpaired) electrons. The second-order valence-corrected chi connectivity index (χ2v) is 9.43. The van der Waals surface area contributed by atoms with Gasteiger partial charge in [-0.15, -0.1) is 0 Å². The number of nitrogens with zero attached hydrogens (tertiary/aromatic N) is 4. The number of likely N-dealkylation sites (tertiary alicyclic amines) is 1. The number of fused-ring (bicyclic) bond motifs is 1. The van der Waals surface area contributed by atoms with E-state index in [1.807, 2.05) is 0 Å². The highest BCUT2D eigenvalue weighted by Gasteiger charge is 2.33. The van der Waals surface area contributed by atoms with Gasteiger partial charge in [-0.2, -0.15) is 4.31 Å². The van der Waals surface area contributed by atoms with Gasteiger partial charge < -0.3 is 9.88 Å². The zero-order valence-electron chi connectivity index (χ0n) is 16.2. The van der Waals surface area contributed by atoms with Gasteiger partial charge in [-0.3, -0.25) is 14.6 Å². The Bertz CT molecular complexity index is 1080. The van der Waals surface area contributed by atoms with E-state index in [1.54, 1.807) is 29.3 Å². The van der Waals surface area contributed by atoms with Crippen LogP contribution in [0.2, 0.25) is 0 Å². The molecule has 1 N–H and O–H groups in total. The number of pyridine rings is 1. The largest absolute Gasteiger partial charge is 0.327 e. The van der Waals surface area contributed by atoms with E-state index in [9.17, 15) is 18.0 Å². The third kappa shape index (κ3) is 3.95. The molecular formula is C19H23N5O4S. The minimum absolute atomic E-state index is 0.0754. The van der Waals surface area contributed by atoms with E-state index >= 15 is 0 Å². The maximum Gasteiger partial charge on any atom is 0.273 e. The number of nitrogens with one attached hydrogen (secondary N) is 1. The van der Waals surface area contributed by atoms with Gasteiger partial charge in [-0.05, 0) is 37.8 Å². The van der Waals surface area contributed by atoms with Crippen LogP contribution in [0.5, 0.6) is 0 Å². The molecule has 2 aromatic rings. The first-order chi connectivity index (χ1) is 13.8. The Morgan fingerprint density at radius 1 is 1.24 bits per heavy atom. The number of amides is 1. The lowest BCUT2D eigenvalue weighted by atomic mass is 10.00. The first-order valence-electron chi connectivity index (χ1n) is 9.63. The number of piperidine rings is 1. The van der Waals surface area contributed by atoms with Crippen LogP contribution in [-0.4, -0.2) is 57.8 Å². The molecule has 10 heteroatoms. The second kappa shape index (κ2) is 7.68. The normalized spacial score (nSPS) is 20.3. The number of H-pyrrole nitrogens is 1. The molecule has 9 nitrogen and oxygen atoms in total. The Morgan fingerprint density at radius 2 is 2.07 bits per heavy atom. The molecule has 1 fully saturated rings. The highest BCUT2D eigenvalue weighted by molar-refractivity contribution is 7.88. The molecule has 0 aliphatic carbocycles. The molecule has 2 aliphatic heterocycles. The lowest BCUT2D eigenvalue weighted by molar-refractivity contribution is 0.0592. The molecule has 2 aliphatic rings. The summed E-state index contributed by atoms with van der Waals surface area (Å²) in [6, 6.07) is 4.81. The second-order valence-electron chi connectivity index (χ2n) is 7.45. The van der Waals surface area contributed by atoms with Crippen LogP contribution in [0.25, 0.3) is 0 Å². The van der Waals surface area contributed by atoms with Crippen molar-refractivity contribution in [2.24, 2.45) is 0 Å². The number of hydrogen-bond donors (Lipinski definition) is 1.